The molecule has 0 spiro atoms. The molecule has 1 aliphatic rings. The summed E-state index contributed by atoms with van der Waals surface area (Å²) in [4.78, 5) is 23.3. The minimum atomic E-state index is -0.347. The Morgan fingerprint density at radius 3 is 2.71 bits per heavy atom. The summed E-state index contributed by atoms with van der Waals surface area (Å²) in [5, 5.41) is 3.01. The molecule has 1 heterocycles. The van der Waals surface area contributed by atoms with Crippen LogP contribution in [0.2, 0.25) is 0 Å². The Hall–Kier alpha value is -1.78. The van der Waals surface area contributed by atoms with Crippen molar-refractivity contribution >= 4 is 11.8 Å². The summed E-state index contributed by atoms with van der Waals surface area (Å²) in [6.07, 6.45) is 10.3. The van der Waals surface area contributed by atoms with Gasteiger partial charge in [0, 0.05) is 18.9 Å². The Labute approximate surface area is 125 Å². The van der Waals surface area contributed by atoms with Crippen LogP contribution in [0.5, 0.6) is 0 Å². The number of carbonyl (C=O) groups excluding carboxylic acids is 2. The van der Waals surface area contributed by atoms with E-state index in [0.717, 1.165) is 18.4 Å². The molecule has 0 bridgehead atoms. The van der Waals surface area contributed by atoms with Crippen molar-refractivity contribution in [2.45, 2.75) is 57.4 Å². The lowest BCUT2D eigenvalue weighted by Crippen LogP contribution is -2.43. The van der Waals surface area contributed by atoms with Crippen molar-refractivity contribution in [3.05, 3.63) is 24.2 Å². The number of nitrogens with two attached hydrogens (primary N) is 1. The Kier molecular flexibility index (Phi) is 5.84. The topological polar surface area (TPSA) is 85.3 Å². The number of amides is 2. The predicted octanol–water partition coefficient (Wildman–Crippen LogP) is 2.15. The van der Waals surface area contributed by atoms with E-state index in [1.54, 1.807) is 12.5 Å². The number of primary amides is 1. The van der Waals surface area contributed by atoms with Crippen LogP contribution in [0.4, 0.5) is 0 Å². The summed E-state index contributed by atoms with van der Waals surface area (Å²) in [6, 6.07) is 1.75. The highest BCUT2D eigenvalue weighted by molar-refractivity contribution is 5.79. The van der Waals surface area contributed by atoms with Crippen LogP contribution in [0.3, 0.4) is 0 Å². The van der Waals surface area contributed by atoms with E-state index in [2.05, 4.69) is 5.32 Å². The zero-order chi connectivity index (χ0) is 15.1. The van der Waals surface area contributed by atoms with Crippen molar-refractivity contribution in [1.29, 1.82) is 0 Å². The highest BCUT2D eigenvalue weighted by atomic mass is 16.3. The number of hydrogen-bond donors (Lipinski definition) is 2. The van der Waals surface area contributed by atoms with Gasteiger partial charge in [0.25, 0.3) is 0 Å². The molecule has 2 amide bonds. The standard InChI is InChI=1S/C16H24N2O3/c17-15(19)10-14(13-4-2-1-3-5-13)18-16(20)7-6-12-8-9-21-11-12/h8-9,11,13-14H,1-7,10H2,(H2,17,19)(H,18,20)/t14-/m0/s1. The molecule has 116 valence electrons. The Morgan fingerprint density at radius 2 is 2.10 bits per heavy atom. The van der Waals surface area contributed by atoms with Gasteiger partial charge in [0.15, 0.2) is 0 Å². The van der Waals surface area contributed by atoms with Crippen molar-refractivity contribution < 1.29 is 14.0 Å². The van der Waals surface area contributed by atoms with E-state index in [1.165, 1.54) is 19.3 Å². The summed E-state index contributed by atoms with van der Waals surface area (Å²) < 4.78 is 4.98. The lowest BCUT2D eigenvalue weighted by molar-refractivity contribution is -0.123. The van der Waals surface area contributed by atoms with Gasteiger partial charge in [-0.1, -0.05) is 19.3 Å². The van der Waals surface area contributed by atoms with Crippen LogP contribution >= 0.6 is 0 Å². The molecule has 5 heteroatoms. The molecule has 0 aromatic carbocycles. The van der Waals surface area contributed by atoms with Crippen LogP contribution < -0.4 is 11.1 Å². The van der Waals surface area contributed by atoms with Crippen molar-refractivity contribution in [2.24, 2.45) is 11.7 Å². The molecule has 5 nitrogen and oxygen atoms in total. The van der Waals surface area contributed by atoms with Gasteiger partial charge in [0.1, 0.15) is 0 Å². The molecular formula is C16H24N2O3. The molecule has 1 fully saturated rings. The Bertz CT molecular complexity index is 450. The molecular weight excluding hydrogens is 268 g/mol. The fourth-order valence-electron chi connectivity index (χ4n) is 3.06. The average molecular weight is 292 g/mol. The fraction of sp³-hybridized carbons (Fsp3) is 0.625. The Morgan fingerprint density at radius 1 is 1.33 bits per heavy atom. The minimum Gasteiger partial charge on any atom is -0.472 e. The third-order valence-electron chi connectivity index (χ3n) is 4.21. The van der Waals surface area contributed by atoms with Crippen LogP contribution in [-0.4, -0.2) is 17.9 Å². The predicted molar refractivity (Wildman–Crippen MR) is 79.3 cm³/mol. The molecule has 1 aromatic rings. The van der Waals surface area contributed by atoms with E-state index in [9.17, 15) is 9.59 Å². The summed E-state index contributed by atoms with van der Waals surface area (Å²) in [5.74, 6) is 0.0119. The number of rotatable bonds is 7. The maximum atomic E-state index is 12.1. The Balaban J connectivity index is 1.84. The molecule has 1 aromatic heterocycles. The smallest absolute Gasteiger partial charge is 0.220 e. The van der Waals surface area contributed by atoms with E-state index in [4.69, 9.17) is 10.2 Å². The molecule has 2 rings (SSSR count). The first-order valence-electron chi connectivity index (χ1n) is 7.74. The van der Waals surface area contributed by atoms with Gasteiger partial charge < -0.3 is 15.5 Å². The first-order chi connectivity index (χ1) is 10.1. The number of carbonyl (C=O) groups is 2. The normalized spacial score (nSPS) is 17.3. The summed E-state index contributed by atoms with van der Waals surface area (Å²) >= 11 is 0. The van der Waals surface area contributed by atoms with Crippen LogP contribution in [0.25, 0.3) is 0 Å². The largest absolute Gasteiger partial charge is 0.472 e. The number of hydrogen-bond acceptors (Lipinski definition) is 3. The van der Waals surface area contributed by atoms with E-state index in [1.807, 2.05) is 6.07 Å². The van der Waals surface area contributed by atoms with Gasteiger partial charge in [-0.25, -0.2) is 0 Å². The van der Waals surface area contributed by atoms with Gasteiger partial charge in [-0.05, 0) is 36.8 Å². The first-order valence-corrected chi connectivity index (χ1v) is 7.74. The second kappa shape index (κ2) is 7.86. The lowest BCUT2D eigenvalue weighted by atomic mass is 9.82. The van der Waals surface area contributed by atoms with Crippen molar-refractivity contribution in [3.63, 3.8) is 0 Å². The molecule has 0 aliphatic heterocycles. The highest BCUT2D eigenvalue weighted by Crippen LogP contribution is 2.27. The molecule has 0 radical (unpaired) electrons. The summed E-state index contributed by atoms with van der Waals surface area (Å²) in [6.45, 7) is 0. The van der Waals surface area contributed by atoms with Crippen LogP contribution in [0, 0.1) is 5.92 Å². The van der Waals surface area contributed by atoms with E-state index in [0.29, 0.717) is 18.8 Å². The average Bonchev–Trinajstić information content (AvgIpc) is 2.98. The summed E-state index contributed by atoms with van der Waals surface area (Å²) in [7, 11) is 0. The first kappa shape index (κ1) is 15.6. The van der Waals surface area contributed by atoms with Gasteiger partial charge in [-0.15, -0.1) is 0 Å². The van der Waals surface area contributed by atoms with Gasteiger partial charge in [0.05, 0.1) is 12.5 Å². The SMILES string of the molecule is NC(=O)C[C@H](NC(=O)CCc1ccoc1)C1CCCCC1. The number of aryl methyl sites for hydroxylation is 1. The quantitative estimate of drug-likeness (QED) is 0.807. The van der Waals surface area contributed by atoms with E-state index in [-0.39, 0.29) is 24.3 Å². The maximum absolute atomic E-state index is 12.1. The minimum absolute atomic E-state index is 0.0203. The molecule has 0 saturated heterocycles. The van der Waals surface area contributed by atoms with Crippen LogP contribution in [-0.2, 0) is 16.0 Å². The molecule has 1 saturated carbocycles. The van der Waals surface area contributed by atoms with Crippen LogP contribution in [0.1, 0.15) is 50.5 Å². The number of nitrogens with one attached hydrogen (secondary N) is 1. The van der Waals surface area contributed by atoms with Crippen molar-refractivity contribution in [3.8, 4) is 0 Å². The van der Waals surface area contributed by atoms with Gasteiger partial charge in [0.2, 0.25) is 11.8 Å². The lowest BCUT2D eigenvalue weighted by Gasteiger charge is -2.30. The van der Waals surface area contributed by atoms with Gasteiger partial charge >= 0.3 is 0 Å². The second-order valence-electron chi connectivity index (χ2n) is 5.87. The zero-order valence-corrected chi connectivity index (χ0v) is 12.3. The van der Waals surface area contributed by atoms with E-state index < -0.39 is 0 Å². The maximum Gasteiger partial charge on any atom is 0.220 e. The van der Waals surface area contributed by atoms with Crippen molar-refractivity contribution in [2.75, 3.05) is 0 Å². The fourth-order valence-corrected chi connectivity index (χ4v) is 3.06. The highest BCUT2D eigenvalue weighted by Gasteiger charge is 2.26. The molecule has 1 aliphatic carbocycles. The molecule has 0 unspecified atom stereocenters. The van der Waals surface area contributed by atoms with Gasteiger partial charge in [-0.2, -0.15) is 0 Å². The zero-order valence-electron chi connectivity index (χ0n) is 12.3. The molecule has 21 heavy (non-hydrogen) atoms. The monoisotopic (exact) mass is 292 g/mol. The third-order valence-corrected chi connectivity index (χ3v) is 4.21. The number of furan rings is 1. The second-order valence-corrected chi connectivity index (χ2v) is 5.87. The van der Waals surface area contributed by atoms with Crippen LogP contribution in [0.15, 0.2) is 23.0 Å². The third kappa shape index (κ3) is 5.25. The summed E-state index contributed by atoms with van der Waals surface area (Å²) in [5.41, 5.74) is 6.33. The molecule has 1 atom stereocenters. The van der Waals surface area contributed by atoms with Crippen molar-refractivity contribution in [1.82, 2.24) is 5.32 Å². The van der Waals surface area contributed by atoms with E-state index >= 15 is 0 Å². The molecule has 3 N–H and O–H groups in total. The van der Waals surface area contributed by atoms with Gasteiger partial charge in [-0.3, -0.25) is 9.59 Å².